The van der Waals surface area contributed by atoms with Gasteiger partial charge in [-0.2, -0.15) is 0 Å². The highest BCUT2D eigenvalue weighted by Crippen LogP contribution is 2.34. The third-order valence-corrected chi connectivity index (χ3v) is 4.51. The van der Waals surface area contributed by atoms with Gasteiger partial charge in [0, 0.05) is 0 Å². The second-order valence-corrected chi connectivity index (χ2v) is 6.64. The predicted molar refractivity (Wildman–Crippen MR) is 91.7 cm³/mol. The monoisotopic (exact) mass is 350 g/mol. The summed E-state index contributed by atoms with van der Waals surface area (Å²) in [6.07, 6.45) is 2.59. The van der Waals surface area contributed by atoms with Crippen LogP contribution in [-0.4, -0.2) is 33.7 Å². The summed E-state index contributed by atoms with van der Waals surface area (Å²) in [4.78, 5) is 24.8. The van der Waals surface area contributed by atoms with E-state index in [-0.39, 0.29) is 4.32 Å². The van der Waals surface area contributed by atoms with Crippen LogP contribution in [0.25, 0.3) is 6.08 Å². The Morgan fingerprint density at radius 3 is 2.91 bits per heavy atom. The third-order valence-electron chi connectivity index (χ3n) is 3.18. The van der Waals surface area contributed by atoms with Gasteiger partial charge in [-0.3, -0.25) is 9.69 Å². The van der Waals surface area contributed by atoms with E-state index >= 15 is 0 Å². The van der Waals surface area contributed by atoms with Crippen molar-refractivity contribution in [2.24, 2.45) is 0 Å². The Kier molecular flexibility index (Phi) is 5.79. The first kappa shape index (κ1) is 17.5. The maximum absolute atomic E-state index is 12.4. The summed E-state index contributed by atoms with van der Waals surface area (Å²) in [5, 5.41) is 11.0. The number of carbonyl (C=O) groups is 2. The molecule has 5 nitrogen and oxygen atoms in total. The number of hydrogen-bond acceptors (Lipinski definition) is 6. The van der Waals surface area contributed by atoms with Crippen LogP contribution >= 0.6 is 24.0 Å². The van der Waals surface area contributed by atoms with Crippen LogP contribution in [0.3, 0.4) is 0 Å². The number of ether oxygens (including phenoxy) is 1. The maximum Gasteiger partial charge on any atom is 0.266 e. The molecule has 1 amide bonds. The summed E-state index contributed by atoms with van der Waals surface area (Å²) >= 11 is 6.18. The lowest BCUT2D eigenvalue weighted by atomic mass is 10.2. The Hall–Kier alpha value is -1.86. The number of hydrogen-bond donors (Lipinski definition) is 0. The Labute approximate surface area is 144 Å². The normalized spacial score (nSPS) is 17.7. The van der Waals surface area contributed by atoms with Gasteiger partial charge in [0.05, 0.1) is 23.5 Å². The van der Waals surface area contributed by atoms with Gasteiger partial charge in [-0.25, -0.2) is 0 Å². The Balaban J connectivity index is 2.22. The number of thioether (sulfide) groups is 1. The molecule has 122 valence electrons. The topological polar surface area (TPSA) is 69.7 Å². The number of amides is 1. The molecule has 0 saturated carbocycles. The summed E-state index contributed by atoms with van der Waals surface area (Å²) in [5.41, 5.74) is 0.792. The van der Waals surface area contributed by atoms with Crippen molar-refractivity contribution in [3.63, 3.8) is 0 Å². The Morgan fingerprint density at radius 1 is 1.52 bits per heavy atom. The first-order chi connectivity index (χ1) is 10.9. The van der Waals surface area contributed by atoms with Gasteiger partial charge in [-0.15, -0.1) is 0 Å². The van der Waals surface area contributed by atoms with Crippen LogP contribution < -0.4 is 9.84 Å². The zero-order chi connectivity index (χ0) is 17.0. The molecule has 1 aliphatic heterocycles. The first-order valence-corrected chi connectivity index (χ1v) is 8.37. The smallest absolute Gasteiger partial charge is 0.266 e. The van der Waals surface area contributed by atoms with Crippen molar-refractivity contribution in [3.8, 4) is 5.75 Å². The summed E-state index contributed by atoms with van der Waals surface area (Å²) in [5.74, 6) is -1.03. The molecule has 1 atom stereocenters. The molecule has 1 aromatic rings. The number of thiocarbonyl (C=S) groups is 1. The number of carboxylic acid groups (broad SMARTS) is 1. The van der Waals surface area contributed by atoms with Crippen LogP contribution in [0.5, 0.6) is 5.75 Å². The van der Waals surface area contributed by atoms with Crippen LogP contribution in [0.2, 0.25) is 0 Å². The summed E-state index contributed by atoms with van der Waals surface area (Å²) in [6, 6.07) is 6.25. The minimum Gasteiger partial charge on any atom is -0.548 e. The van der Waals surface area contributed by atoms with E-state index in [1.807, 2.05) is 31.2 Å². The van der Waals surface area contributed by atoms with Crippen molar-refractivity contribution in [2.75, 3.05) is 6.61 Å². The van der Waals surface area contributed by atoms with Gasteiger partial charge in [0.1, 0.15) is 10.1 Å². The van der Waals surface area contributed by atoms with Crippen molar-refractivity contribution in [1.82, 2.24) is 4.90 Å². The fourth-order valence-corrected chi connectivity index (χ4v) is 3.40. The SMILES string of the molecule is CCCOc1cccc(/C=C2/SC(=S)N([C@@H](C)C(=O)[O-])C2=O)c1. The molecule has 1 fully saturated rings. The second kappa shape index (κ2) is 7.61. The van der Waals surface area contributed by atoms with E-state index in [2.05, 4.69) is 0 Å². The molecule has 1 saturated heterocycles. The van der Waals surface area contributed by atoms with Crippen molar-refractivity contribution < 1.29 is 19.4 Å². The van der Waals surface area contributed by atoms with Crippen molar-refractivity contribution >= 4 is 46.3 Å². The second-order valence-electron chi connectivity index (χ2n) is 4.97. The van der Waals surface area contributed by atoms with E-state index in [4.69, 9.17) is 17.0 Å². The van der Waals surface area contributed by atoms with Gasteiger partial charge in [-0.1, -0.05) is 43.0 Å². The van der Waals surface area contributed by atoms with Crippen LogP contribution in [0.1, 0.15) is 25.8 Å². The molecule has 0 radical (unpaired) electrons. The van der Waals surface area contributed by atoms with Crippen LogP contribution in [0.4, 0.5) is 0 Å². The van der Waals surface area contributed by atoms with E-state index in [1.165, 1.54) is 6.92 Å². The molecular formula is C16H16NO4S2-. The van der Waals surface area contributed by atoms with Crippen molar-refractivity contribution in [1.29, 1.82) is 0 Å². The average Bonchev–Trinajstić information content (AvgIpc) is 2.79. The molecule has 0 bridgehead atoms. The van der Waals surface area contributed by atoms with Gasteiger partial charge < -0.3 is 14.6 Å². The van der Waals surface area contributed by atoms with E-state index in [0.717, 1.165) is 34.4 Å². The number of nitrogens with zero attached hydrogens (tertiary/aromatic N) is 1. The number of aliphatic carboxylic acids is 1. The zero-order valence-corrected chi connectivity index (χ0v) is 14.4. The van der Waals surface area contributed by atoms with Crippen LogP contribution in [-0.2, 0) is 9.59 Å². The van der Waals surface area contributed by atoms with Crippen LogP contribution in [0, 0.1) is 0 Å². The van der Waals surface area contributed by atoms with E-state index in [0.29, 0.717) is 11.5 Å². The largest absolute Gasteiger partial charge is 0.548 e. The Morgan fingerprint density at radius 2 is 2.26 bits per heavy atom. The molecular weight excluding hydrogens is 334 g/mol. The third kappa shape index (κ3) is 4.11. The van der Waals surface area contributed by atoms with Crippen LogP contribution in [0.15, 0.2) is 29.2 Å². The standard InChI is InChI=1S/C16H17NO4S2/c1-3-7-21-12-6-4-5-11(8-12)9-13-14(18)17(16(22)23-13)10(2)15(19)20/h4-6,8-10H,3,7H2,1-2H3,(H,19,20)/p-1/b13-9+/t10-/m0/s1. The molecule has 7 heteroatoms. The number of carboxylic acids is 1. The molecule has 1 heterocycles. The summed E-state index contributed by atoms with van der Waals surface area (Å²) in [7, 11) is 0. The molecule has 0 spiro atoms. The fourth-order valence-electron chi connectivity index (χ4n) is 1.98. The summed E-state index contributed by atoms with van der Waals surface area (Å²) < 4.78 is 5.77. The molecule has 0 aliphatic carbocycles. The lowest BCUT2D eigenvalue weighted by Gasteiger charge is -2.23. The van der Waals surface area contributed by atoms with E-state index < -0.39 is 17.9 Å². The number of carbonyl (C=O) groups excluding carboxylic acids is 2. The van der Waals surface area contributed by atoms with Crippen molar-refractivity contribution in [3.05, 3.63) is 34.7 Å². The van der Waals surface area contributed by atoms with E-state index in [1.54, 1.807) is 6.08 Å². The van der Waals surface area contributed by atoms with Gasteiger partial charge in [0.2, 0.25) is 0 Å². The minimum absolute atomic E-state index is 0.219. The van der Waals surface area contributed by atoms with Gasteiger partial charge in [-0.05, 0) is 37.1 Å². The molecule has 1 aromatic carbocycles. The highest BCUT2D eigenvalue weighted by molar-refractivity contribution is 8.26. The first-order valence-electron chi connectivity index (χ1n) is 7.14. The van der Waals surface area contributed by atoms with E-state index in [9.17, 15) is 14.7 Å². The fraction of sp³-hybridized carbons (Fsp3) is 0.312. The highest BCUT2D eigenvalue weighted by atomic mass is 32.2. The summed E-state index contributed by atoms with van der Waals surface area (Å²) in [6.45, 7) is 4.02. The molecule has 23 heavy (non-hydrogen) atoms. The number of benzene rings is 1. The van der Waals surface area contributed by atoms with Gasteiger partial charge >= 0.3 is 0 Å². The molecule has 0 unspecified atom stereocenters. The average molecular weight is 350 g/mol. The minimum atomic E-state index is -1.34. The quantitative estimate of drug-likeness (QED) is 0.576. The highest BCUT2D eigenvalue weighted by Gasteiger charge is 2.35. The predicted octanol–water partition coefficient (Wildman–Crippen LogP) is 1.81. The molecule has 1 aliphatic rings. The molecule has 2 rings (SSSR count). The molecule has 0 aromatic heterocycles. The van der Waals surface area contributed by atoms with Crippen molar-refractivity contribution in [2.45, 2.75) is 26.3 Å². The Bertz CT molecular complexity index is 672. The lowest BCUT2D eigenvalue weighted by molar-refractivity contribution is -0.309. The maximum atomic E-state index is 12.4. The van der Waals surface area contributed by atoms with Gasteiger partial charge in [0.25, 0.3) is 5.91 Å². The van der Waals surface area contributed by atoms with Gasteiger partial charge in [0.15, 0.2) is 0 Å². The zero-order valence-electron chi connectivity index (χ0n) is 12.8. The molecule has 0 N–H and O–H groups in total. The lowest BCUT2D eigenvalue weighted by Crippen LogP contribution is -2.48. The number of rotatable bonds is 6.